The van der Waals surface area contributed by atoms with Crippen molar-refractivity contribution in [2.24, 2.45) is 11.7 Å². The largest absolute Gasteiger partial charge is 0.349 e. The maximum atomic E-state index is 11.9. The molecule has 0 aliphatic carbocycles. The molecule has 1 aromatic rings. The monoisotopic (exact) mass is 282 g/mol. The van der Waals surface area contributed by atoms with E-state index in [-0.39, 0.29) is 11.9 Å². The number of hydrogen-bond acceptors (Lipinski definition) is 3. The highest BCUT2D eigenvalue weighted by atomic mass is 32.1. The molecule has 0 radical (unpaired) electrons. The Morgan fingerprint density at radius 3 is 2.79 bits per heavy atom. The van der Waals surface area contributed by atoms with Gasteiger partial charge in [0.15, 0.2) is 0 Å². The van der Waals surface area contributed by atoms with E-state index in [0.717, 1.165) is 25.8 Å². The smallest absolute Gasteiger partial charge is 0.220 e. The average molecular weight is 282 g/mol. The zero-order valence-electron chi connectivity index (χ0n) is 12.0. The number of carbonyl (C=O) groups is 1. The molecule has 1 heterocycles. The second-order valence-corrected chi connectivity index (χ2v) is 6.05. The normalized spacial score (nSPS) is 14.1. The van der Waals surface area contributed by atoms with Gasteiger partial charge < -0.3 is 11.1 Å². The Morgan fingerprint density at radius 2 is 2.21 bits per heavy atom. The van der Waals surface area contributed by atoms with Crippen molar-refractivity contribution in [3.05, 3.63) is 22.4 Å². The lowest BCUT2D eigenvalue weighted by Gasteiger charge is -2.16. The molecule has 0 saturated heterocycles. The molecule has 1 aromatic heterocycles. The van der Waals surface area contributed by atoms with Crippen LogP contribution in [0.15, 0.2) is 17.5 Å². The van der Waals surface area contributed by atoms with Crippen molar-refractivity contribution in [1.82, 2.24) is 5.32 Å². The molecular formula is C15H26N2OS. The standard InChI is InChI=1S/C15H26N2OS/c1-3-5-13(9-10-16)7-8-15(18)17-12(2)14-6-4-11-19-14/h4,6,11-13H,3,5,7-10,16H2,1-2H3,(H,17,18)/t12-,13?/m1/s1. The van der Waals surface area contributed by atoms with Crippen LogP contribution < -0.4 is 11.1 Å². The van der Waals surface area contributed by atoms with E-state index in [9.17, 15) is 4.79 Å². The van der Waals surface area contributed by atoms with E-state index >= 15 is 0 Å². The first-order valence-corrected chi connectivity index (χ1v) is 8.08. The van der Waals surface area contributed by atoms with E-state index in [1.807, 2.05) is 18.4 Å². The lowest BCUT2D eigenvalue weighted by Crippen LogP contribution is -2.26. The van der Waals surface area contributed by atoms with Crippen LogP contribution in [-0.2, 0) is 4.79 Å². The number of nitrogens with one attached hydrogen (secondary N) is 1. The predicted molar refractivity (Wildman–Crippen MR) is 82.2 cm³/mol. The van der Waals surface area contributed by atoms with Crippen LogP contribution in [0.3, 0.4) is 0 Å². The topological polar surface area (TPSA) is 55.1 Å². The molecule has 0 saturated carbocycles. The molecule has 1 unspecified atom stereocenters. The third-order valence-corrected chi connectivity index (χ3v) is 4.45. The molecule has 0 aromatic carbocycles. The maximum absolute atomic E-state index is 11.9. The van der Waals surface area contributed by atoms with Crippen LogP contribution in [0, 0.1) is 5.92 Å². The van der Waals surface area contributed by atoms with Crippen molar-refractivity contribution in [1.29, 1.82) is 0 Å². The van der Waals surface area contributed by atoms with Gasteiger partial charge in [0.05, 0.1) is 6.04 Å². The van der Waals surface area contributed by atoms with Gasteiger partial charge in [0.1, 0.15) is 0 Å². The summed E-state index contributed by atoms with van der Waals surface area (Å²) in [4.78, 5) is 13.1. The summed E-state index contributed by atoms with van der Waals surface area (Å²) >= 11 is 1.68. The summed E-state index contributed by atoms with van der Waals surface area (Å²) in [5.74, 6) is 0.747. The Bertz CT molecular complexity index is 345. The molecule has 0 aliphatic heterocycles. The second-order valence-electron chi connectivity index (χ2n) is 5.08. The highest BCUT2D eigenvalue weighted by Crippen LogP contribution is 2.20. The Labute approximate surface area is 120 Å². The van der Waals surface area contributed by atoms with Gasteiger partial charge in [0.2, 0.25) is 5.91 Å². The molecule has 4 heteroatoms. The molecule has 19 heavy (non-hydrogen) atoms. The van der Waals surface area contributed by atoms with Crippen LogP contribution in [0.1, 0.15) is 56.9 Å². The average Bonchev–Trinajstić information content (AvgIpc) is 2.90. The molecule has 3 N–H and O–H groups in total. The Morgan fingerprint density at radius 1 is 1.42 bits per heavy atom. The Hall–Kier alpha value is -0.870. The van der Waals surface area contributed by atoms with Gasteiger partial charge in [-0.25, -0.2) is 0 Å². The fourth-order valence-corrected chi connectivity index (χ4v) is 3.07. The fourth-order valence-electron chi connectivity index (χ4n) is 2.33. The van der Waals surface area contributed by atoms with Gasteiger partial charge in [0, 0.05) is 11.3 Å². The second kappa shape index (κ2) is 9.10. The zero-order chi connectivity index (χ0) is 14.1. The van der Waals surface area contributed by atoms with E-state index in [1.54, 1.807) is 11.3 Å². The Balaban J connectivity index is 2.30. The summed E-state index contributed by atoms with van der Waals surface area (Å²) in [6, 6.07) is 4.19. The van der Waals surface area contributed by atoms with Gasteiger partial charge in [-0.15, -0.1) is 11.3 Å². The maximum Gasteiger partial charge on any atom is 0.220 e. The van der Waals surface area contributed by atoms with E-state index in [4.69, 9.17) is 5.73 Å². The van der Waals surface area contributed by atoms with Crippen molar-refractivity contribution in [3.63, 3.8) is 0 Å². The summed E-state index contributed by atoms with van der Waals surface area (Å²) in [6.07, 6.45) is 4.93. The first kappa shape index (κ1) is 16.2. The number of rotatable bonds is 9. The molecule has 108 valence electrons. The van der Waals surface area contributed by atoms with Gasteiger partial charge in [-0.05, 0) is 43.7 Å². The van der Waals surface area contributed by atoms with Crippen LogP contribution in [0.25, 0.3) is 0 Å². The molecular weight excluding hydrogens is 256 g/mol. The predicted octanol–water partition coefficient (Wildman–Crippen LogP) is 3.47. The van der Waals surface area contributed by atoms with Crippen LogP contribution in [0.5, 0.6) is 0 Å². The molecule has 1 rings (SSSR count). The molecule has 0 fully saturated rings. The quantitative estimate of drug-likeness (QED) is 0.728. The molecule has 2 atom stereocenters. The summed E-state index contributed by atoms with van der Waals surface area (Å²) < 4.78 is 0. The third kappa shape index (κ3) is 6.21. The molecule has 3 nitrogen and oxygen atoms in total. The number of carbonyl (C=O) groups excluding carboxylic acids is 1. The van der Waals surface area contributed by atoms with Crippen molar-refractivity contribution in [3.8, 4) is 0 Å². The van der Waals surface area contributed by atoms with E-state index < -0.39 is 0 Å². The highest BCUT2D eigenvalue weighted by molar-refractivity contribution is 7.10. The number of nitrogens with two attached hydrogens (primary N) is 1. The van der Waals surface area contributed by atoms with Crippen LogP contribution in [0.4, 0.5) is 0 Å². The van der Waals surface area contributed by atoms with Gasteiger partial charge >= 0.3 is 0 Å². The number of hydrogen-bond donors (Lipinski definition) is 2. The van der Waals surface area contributed by atoms with Crippen molar-refractivity contribution in [2.75, 3.05) is 6.54 Å². The van der Waals surface area contributed by atoms with Gasteiger partial charge in [-0.2, -0.15) is 0 Å². The first-order valence-electron chi connectivity index (χ1n) is 7.20. The van der Waals surface area contributed by atoms with Gasteiger partial charge in [-0.1, -0.05) is 25.8 Å². The SMILES string of the molecule is CCCC(CCN)CCC(=O)N[C@H](C)c1cccs1. The van der Waals surface area contributed by atoms with Gasteiger partial charge in [0.25, 0.3) is 0 Å². The van der Waals surface area contributed by atoms with E-state index in [0.29, 0.717) is 12.3 Å². The van der Waals surface area contributed by atoms with Crippen molar-refractivity contribution in [2.45, 2.75) is 52.0 Å². The van der Waals surface area contributed by atoms with Crippen molar-refractivity contribution >= 4 is 17.2 Å². The van der Waals surface area contributed by atoms with Crippen molar-refractivity contribution < 1.29 is 4.79 Å². The Kier molecular flexibility index (Phi) is 7.75. The molecule has 0 spiro atoms. The minimum atomic E-state index is 0.117. The van der Waals surface area contributed by atoms with Crippen LogP contribution in [-0.4, -0.2) is 12.5 Å². The fraction of sp³-hybridized carbons (Fsp3) is 0.667. The summed E-state index contributed by atoms with van der Waals surface area (Å²) in [6.45, 7) is 4.94. The summed E-state index contributed by atoms with van der Waals surface area (Å²) in [5, 5.41) is 5.10. The lowest BCUT2D eigenvalue weighted by molar-refractivity contribution is -0.122. The van der Waals surface area contributed by atoms with Crippen LogP contribution >= 0.6 is 11.3 Å². The molecule has 0 aliphatic rings. The highest BCUT2D eigenvalue weighted by Gasteiger charge is 2.13. The minimum absolute atomic E-state index is 0.117. The minimum Gasteiger partial charge on any atom is -0.349 e. The lowest BCUT2D eigenvalue weighted by atomic mass is 9.94. The summed E-state index contributed by atoms with van der Waals surface area (Å²) in [7, 11) is 0. The number of thiophene rings is 1. The first-order chi connectivity index (χ1) is 9.17. The molecule has 1 amide bonds. The van der Waals surface area contributed by atoms with E-state index in [2.05, 4.69) is 18.3 Å². The van der Waals surface area contributed by atoms with Gasteiger partial charge in [-0.3, -0.25) is 4.79 Å². The molecule has 0 bridgehead atoms. The third-order valence-electron chi connectivity index (χ3n) is 3.40. The van der Waals surface area contributed by atoms with Crippen LogP contribution in [0.2, 0.25) is 0 Å². The van der Waals surface area contributed by atoms with E-state index in [1.165, 1.54) is 11.3 Å². The summed E-state index contributed by atoms with van der Waals surface area (Å²) in [5.41, 5.74) is 5.61. The number of amides is 1. The zero-order valence-corrected chi connectivity index (χ0v) is 12.8.